The Bertz CT molecular complexity index is 979. The lowest BCUT2D eigenvalue weighted by Gasteiger charge is -2.28. The summed E-state index contributed by atoms with van der Waals surface area (Å²) in [6, 6.07) is 1.82. The first-order valence-electron chi connectivity index (χ1n) is 7.67. The molecule has 1 aliphatic rings. The first kappa shape index (κ1) is 18.2. The van der Waals surface area contributed by atoms with Gasteiger partial charge in [-0.3, -0.25) is 4.79 Å². The molecule has 5 nitrogen and oxygen atoms in total. The number of primary amides is 1. The van der Waals surface area contributed by atoms with E-state index in [4.69, 9.17) is 10.5 Å². The maximum Gasteiger partial charge on any atom is 0.346 e. The predicted molar refractivity (Wildman–Crippen MR) is 92.9 cm³/mol. The van der Waals surface area contributed by atoms with E-state index in [1.807, 2.05) is 0 Å². The van der Waals surface area contributed by atoms with E-state index in [0.717, 1.165) is 17.4 Å². The molecule has 1 aliphatic carbocycles. The number of carbonyl (C=O) groups excluding carboxylic acids is 1. The minimum Gasteiger partial charge on any atom is -0.477 e. The number of fused-ring (bicyclic) bond motifs is 1. The van der Waals surface area contributed by atoms with Gasteiger partial charge in [-0.2, -0.15) is 0 Å². The number of hydrogen-bond donors (Lipinski definition) is 2. The van der Waals surface area contributed by atoms with E-state index in [0.29, 0.717) is 18.1 Å². The third kappa shape index (κ3) is 3.38. The molecule has 3 rings (SSSR count). The van der Waals surface area contributed by atoms with Crippen molar-refractivity contribution >= 4 is 33.3 Å². The van der Waals surface area contributed by atoms with Crippen LogP contribution in [0, 0.1) is 11.6 Å². The fourth-order valence-corrected chi connectivity index (χ4v) is 3.85. The second kappa shape index (κ2) is 6.62. The summed E-state index contributed by atoms with van der Waals surface area (Å²) < 4.78 is 33.7. The van der Waals surface area contributed by atoms with Crippen LogP contribution in [0.3, 0.4) is 0 Å². The van der Waals surface area contributed by atoms with Crippen LogP contribution in [0.5, 0.6) is 0 Å². The number of benzene rings is 1. The Morgan fingerprint density at radius 1 is 1.38 bits per heavy atom. The first-order chi connectivity index (χ1) is 12.2. The number of amides is 1. The van der Waals surface area contributed by atoms with Crippen molar-refractivity contribution in [3.8, 4) is 0 Å². The van der Waals surface area contributed by atoms with Gasteiger partial charge < -0.3 is 15.6 Å². The van der Waals surface area contributed by atoms with E-state index in [-0.39, 0.29) is 27.1 Å². The Labute approximate surface area is 151 Å². The number of aromatic carboxylic acids is 1. The van der Waals surface area contributed by atoms with Gasteiger partial charge in [-0.05, 0) is 19.4 Å². The molecule has 2 aromatic rings. The predicted octanol–water partition coefficient (Wildman–Crippen LogP) is 3.52. The summed E-state index contributed by atoms with van der Waals surface area (Å²) in [5.41, 5.74) is 4.93. The molecule has 1 aromatic heterocycles. The lowest BCUT2D eigenvalue weighted by Crippen LogP contribution is -2.28. The Hall–Kier alpha value is -2.58. The molecule has 0 saturated heterocycles. The Morgan fingerprint density at radius 3 is 2.69 bits per heavy atom. The minimum atomic E-state index is -1.23. The fourth-order valence-electron chi connectivity index (χ4n) is 2.76. The number of carbonyl (C=O) groups is 2. The maximum atomic E-state index is 14.2. The van der Waals surface area contributed by atoms with Crippen molar-refractivity contribution in [1.82, 2.24) is 0 Å². The number of thiophene rings is 1. The summed E-state index contributed by atoms with van der Waals surface area (Å²) in [7, 11) is 0. The third-order valence-electron chi connectivity index (χ3n) is 4.17. The van der Waals surface area contributed by atoms with Crippen molar-refractivity contribution in [3.63, 3.8) is 0 Å². The number of hydrogen-bond acceptors (Lipinski definition) is 4. The lowest BCUT2D eigenvalue weighted by molar-refractivity contribution is -0.114. The summed E-state index contributed by atoms with van der Waals surface area (Å²) in [5.74, 6) is -3.39. The SMILES string of the molecule is CC1(OCc2c(C(=O)O)sc3cc(F)cc(F)c23)C=CC(C(N)=O)=CC1. The van der Waals surface area contributed by atoms with Crippen LogP contribution in [-0.4, -0.2) is 22.6 Å². The number of halogens is 2. The van der Waals surface area contributed by atoms with Crippen LogP contribution in [0.25, 0.3) is 10.1 Å². The lowest BCUT2D eigenvalue weighted by atomic mass is 9.93. The number of rotatable bonds is 5. The average molecular weight is 379 g/mol. The molecule has 0 aliphatic heterocycles. The van der Waals surface area contributed by atoms with Crippen LogP contribution in [0.4, 0.5) is 8.78 Å². The van der Waals surface area contributed by atoms with Gasteiger partial charge in [0.1, 0.15) is 16.5 Å². The summed E-state index contributed by atoms with van der Waals surface area (Å²) in [6.45, 7) is 1.58. The van der Waals surface area contributed by atoms with Gasteiger partial charge in [-0.1, -0.05) is 18.2 Å². The molecular formula is C18H15F2NO4S. The number of carboxylic acids is 1. The molecule has 0 bridgehead atoms. The van der Waals surface area contributed by atoms with Crippen molar-refractivity contribution in [1.29, 1.82) is 0 Å². The molecule has 26 heavy (non-hydrogen) atoms. The molecule has 0 saturated carbocycles. The van der Waals surface area contributed by atoms with E-state index in [1.54, 1.807) is 19.1 Å². The monoisotopic (exact) mass is 379 g/mol. The number of nitrogens with two attached hydrogens (primary N) is 1. The number of carboxylic acid groups (broad SMARTS) is 1. The van der Waals surface area contributed by atoms with Crippen molar-refractivity contribution in [2.75, 3.05) is 0 Å². The van der Waals surface area contributed by atoms with Gasteiger partial charge in [0.2, 0.25) is 5.91 Å². The Balaban J connectivity index is 1.92. The maximum absolute atomic E-state index is 14.2. The summed E-state index contributed by atoms with van der Waals surface area (Å²) in [6.07, 6.45) is 5.16. The zero-order chi connectivity index (χ0) is 19.1. The highest BCUT2D eigenvalue weighted by atomic mass is 32.1. The molecule has 3 N–H and O–H groups in total. The molecule has 136 valence electrons. The molecule has 1 aromatic carbocycles. The van der Waals surface area contributed by atoms with Gasteiger partial charge in [0.05, 0.1) is 12.2 Å². The molecule has 1 heterocycles. The normalized spacial score (nSPS) is 19.6. The largest absolute Gasteiger partial charge is 0.477 e. The van der Waals surface area contributed by atoms with Crippen LogP contribution in [0.2, 0.25) is 0 Å². The van der Waals surface area contributed by atoms with E-state index in [2.05, 4.69) is 0 Å². The van der Waals surface area contributed by atoms with Crippen LogP contribution in [0.1, 0.15) is 28.6 Å². The molecule has 0 fully saturated rings. The highest BCUT2D eigenvalue weighted by Gasteiger charge is 2.27. The van der Waals surface area contributed by atoms with Crippen molar-refractivity contribution in [3.05, 3.63) is 58.0 Å². The summed E-state index contributed by atoms with van der Waals surface area (Å²) in [4.78, 5) is 22.6. The van der Waals surface area contributed by atoms with Gasteiger partial charge in [-0.15, -0.1) is 11.3 Å². The van der Waals surface area contributed by atoms with Crippen LogP contribution < -0.4 is 5.73 Å². The fraction of sp³-hybridized carbons (Fsp3) is 0.222. The Kier molecular flexibility index (Phi) is 4.64. The molecule has 0 spiro atoms. The molecular weight excluding hydrogens is 364 g/mol. The van der Waals surface area contributed by atoms with Crippen LogP contribution in [0.15, 0.2) is 35.9 Å². The third-order valence-corrected chi connectivity index (χ3v) is 5.34. The second-order valence-electron chi connectivity index (χ2n) is 6.14. The molecule has 0 radical (unpaired) electrons. The van der Waals surface area contributed by atoms with Gasteiger partial charge in [-0.25, -0.2) is 13.6 Å². The Morgan fingerprint density at radius 2 is 2.12 bits per heavy atom. The van der Waals surface area contributed by atoms with E-state index < -0.39 is 29.1 Å². The second-order valence-corrected chi connectivity index (χ2v) is 7.19. The van der Waals surface area contributed by atoms with Gasteiger partial charge in [0.15, 0.2) is 0 Å². The summed E-state index contributed by atoms with van der Waals surface area (Å²) in [5, 5.41) is 9.43. The quantitative estimate of drug-likeness (QED) is 0.832. The van der Waals surface area contributed by atoms with E-state index in [9.17, 15) is 23.5 Å². The average Bonchev–Trinajstić information content (AvgIpc) is 2.92. The van der Waals surface area contributed by atoms with Crippen molar-refractivity contribution in [2.24, 2.45) is 5.73 Å². The van der Waals surface area contributed by atoms with Gasteiger partial charge >= 0.3 is 5.97 Å². The van der Waals surface area contributed by atoms with Gasteiger partial charge in [0, 0.05) is 27.3 Å². The molecule has 8 heteroatoms. The van der Waals surface area contributed by atoms with E-state index >= 15 is 0 Å². The standard InChI is InChI=1S/C18H15F2NO4S/c1-18(4-2-9(3-5-18)16(21)22)25-8-11-14-12(20)6-10(19)7-13(14)26-15(11)17(23)24/h2-4,6-7H,5,8H2,1H3,(H2,21,22)(H,23,24). The van der Waals surface area contributed by atoms with Crippen molar-refractivity contribution in [2.45, 2.75) is 25.6 Å². The van der Waals surface area contributed by atoms with Crippen LogP contribution in [-0.2, 0) is 16.1 Å². The highest BCUT2D eigenvalue weighted by Crippen LogP contribution is 2.36. The summed E-state index contributed by atoms with van der Waals surface area (Å²) >= 11 is 0.799. The number of ether oxygens (including phenoxy) is 1. The van der Waals surface area contributed by atoms with Crippen LogP contribution >= 0.6 is 11.3 Å². The van der Waals surface area contributed by atoms with E-state index in [1.165, 1.54) is 6.08 Å². The smallest absolute Gasteiger partial charge is 0.346 e. The molecule has 1 unspecified atom stereocenters. The highest BCUT2D eigenvalue weighted by molar-refractivity contribution is 7.21. The molecule has 1 amide bonds. The minimum absolute atomic E-state index is 0.0468. The van der Waals surface area contributed by atoms with Crippen molar-refractivity contribution < 1.29 is 28.2 Å². The first-order valence-corrected chi connectivity index (χ1v) is 8.49. The van der Waals surface area contributed by atoms with Gasteiger partial charge in [0.25, 0.3) is 0 Å². The zero-order valence-electron chi connectivity index (χ0n) is 13.7. The zero-order valence-corrected chi connectivity index (χ0v) is 14.5. The topological polar surface area (TPSA) is 89.6 Å². The molecule has 1 atom stereocenters.